The molecular weight excluding hydrogens is 418 g/mol. The van der Waals surface area contributed by atoms with E-state index in [0.717, 1.165) is 28.1 Å². The van der Waals surface area contributed by atoms with Crippen molar-refractivity contribution in [1.82, 2.24) is 19.7 Å². The van der Waals surface area contributed by atoms with E-state index in [9.17, 15) is 4.79 Å². The Kier molecular flexibility index (Phi) is 6.66. The molecule has 2 aromatic carbocycles. The number of aromatic nitrogens is 4. The lowest BCUT2D eigenvalue weighted by atomic mass is 10.0. The van der Waals surface area contributed by atoms with Crippen molar-refractivity contribution in [2.24, 2.45) is 0 Å². The number of aryl methyl sites for hydroxylation is 1. The van der Waals surface area contributed by atoms with Crippen molar-refractivity contribution in [3.05, 3.63) is 84.2 Å². The van der Waals surface area contributed by atoms with E-state index >= 15 is 0 Å². The highest BCUT2D eigenvalue weighted by molar-refractivity contribution is 7.99. The van der Waals surface area contributed by atoms with Crippen LogP contribution in [0.5, 0.6) is 0 Å². The molecule has 0 fully saturated rings. The van der Waals surface area contributed by atoms with E-state index in [1.54, 1.807) is 12.4 Å². The van der Waals surface area contributed by atoms with Crippen LogP contribution in [0.1, 0.15) is 30.9 Å². The van der Waals surface area contributed by atoms with E-state index in [0.29, 0.717) is 16.9 Å². The fourth-order valence-electron chi connectivity index (χ4n) is 3.51. The lowest BCUT2D eigenvalue weighted by Gasteiger charge is -2.14. The molecule has 0 aliphatic heterocycles. The molecule has 0 spiro atoms. The van der Waals surface area contributed by atoms with Gasteiger partial charge in [-0.2, -0.15) is 0 Å². The van der Waals surface area contributed by atoms with Crippen LogP contribution in [0.3, 0.4) is 0 Å². The van der Waals surface area contributed by atoms with Crippen molar-refractivity contribution < 1.29 is 4.79 Å². The number of thioether (sulfide) groups is 1. The molecule has 7 heteroatoms. The molecule has 2 heterocycles. The van der Waals surface area contributed by atoms with Crippen LogP contribution in [-0.2, 0) is 4.79 Å². The highest BCUT2D eigenvalue weighted by Gasteiger charge is 2.19. The Hall–Kier alpha value is -3.45. The van der Waals surface area contributed by atoms with E-state index in [1.807, 2.05) is 72.2 Å². The van der Waals surface area contributed by atoms with Crippen LogP contribution in [0.4, 0.5) is 5.69 Å². The highest BCUT2D eigenvalue weighted by Crippen LogP contribution is 2.29. The van der Waals surface area contributed by atoms with Gasteiger partial charge in [0.05, 0.1) is 11.4 Å². The Morgan fingerprint density at radius 1 is 1.03 bits per heavy atom. The summed E-state index contributed by atoms with van der Waals surface area (Å²) in [5.74, 6) is 1.17. The number of carbonyl (C=O) groups is 1. The second-order valence-corrected chi connectivity index (χ2v) is 8.69. The molecule has 1 N–H and O–H groups in total. The minimum Gasteiger partial charge on any atom is -0.325 e. The highest BCUT2D eigenvalue weighted by atomic mass is 32.2. The van der Waals surface area contributed by atoms with Gasteiger partial charge in [0.2, 0.25) is 5.91 Å². The van der Waals surface area contributed by atoms with Crippen molar-refractivity contribution in [2.45, 2.75) is 31.8 Å². The first-order valence-corrected chi connectivity index (χ1v) is 11.5. The zero-order valence-corrected chi connectivity index (χ0v) is 19.1. The first kappa shape index (κ1) is 21.8. The third-order valence-corrected chi connectivity index (χ3v) is 6.03. The predicted octanol–water partition coefficient (Wildman–Crippen LogP) is 5.49. The molecule has 0 radical (unpaired) electrons. The lowest BCUT2D eigenvalue weighted by Crippen LogP contribution is -2.16. The number of hydrogen-bond acceptors (Lipinski definition) is 5. The number of amides is 1. The van der Waals surface area contributed by atoms with Gasteiger partial charge in [-0.1, -0.05) is 62.0 Å². The quantitative estimate of drug-likeness (QED) is 0.382. The Morgan fingerprint density at radius 2 is 1.81 bits per heavy atom. The Bertz CT molecular complexity index is 1220. The number of benzene rings is 2. The van der Waals surface area contributed by atoms with Crippen LogP contribution < -0.4 is 5.32 Å². The smallest absolute Gasteiger partial charge is 0.234 e. The third kappa shape index (κ3) is 4.73. The normalized spacial score (nSPS) is 11.0. The van der Waals surface area contributed by atoms with E-state index < -0.39 is 0 Å². The number of carbonyl (C=O) groups excluding carboxylic acids is 1. The van der Waals surface area contributed by atoms with Crippen LogP contribution in [0, 0.1) is 6.92 Å². The van der Waals surface area contributed by atoms with Gasteiger partial charge in [0.1, 0.15) is 0 Å². The van der Waals surface area contributed by atoms with Gasteiger partial charge in [-0.05, 0) is 48.2 Å². The summed E-state index contributed by atoms with van der Waals surface area (Å²) >= 11 is 1.36. The van der Waals surface area contributed by atoms with Crippen molar-refractivity contribution in [3.8, 4) is 17.1 Å². The second kappa shape index (κ2) is 9.78. The van der Waals surface area contributed by atoms with E-state index in [2.05, 4.69) is 34.3 Å². The molecule has 4 rings (SSSR count). The molecule has 0 atom stereocenters. The minimum atomic E-state index is -0.0784. The SMILES string of the molecule is Cc1ccccc1-n1c(SCC(=O)Nc2ccccc2C(C)C)nnc1-c1cccnc1. The molecule has 6 nitrogen and oxygen atoms in total. The number of pyridine rings is 1. The van der Waals surface area contributed by atoms with Crippen LogP contribution in [-0.4, -0.2) is 31.4 Å². The zero-order valence-electron chi connectivity index (χ0n) is 18.3. The summed E-state index contributed by atoms with van der Waals surface area (Å²) in [5, 5.41) is 12.5. The van der Waals surface area contributed by atoms with Crippen LogP contribution in [0.25, 0.3) is 17.1 Å². The van der Waals surface area contributed by atoms with Gasteiger partial charge >= 0.3 is 0 Å². The fraction of sp³-hybridized carbons (Fsp3) is 0.200. The molecule has 4 aromatic rings. The van der Waals surface area contributed by atoms with Crippen molar-refractivity contribution in [3.63, 3.8) is 0 Å². The monoisotopic (exact) mass is 443 g/mol. The standard InChI is InChI=1S/C25H25N5OS/c1-17(2)20-11-5-6-12-21(20)27-23(31)16-32-25-29-28-24(19-10-8-14-26-15-19)30(25)22-13-7-4-9-18(22)3/h4-15,17H,16H2,1-3H3,(H,27,31). The largest absolute Gasteiger partial charge is 0.325 e. The van der Waals surface area contributed by atoms with Crippen molar-refractivity contribution in [2.75, 3.05) is 11.1 Å². The number of rotatable bonds is 7. The van der Waals surface area contributed by atoms with E-state index in [1.165, 1.54) is 11.8 Å². The Morgan fingerprint density at radius 3 is 2.56 bits per heavy atom. The van der Waals surface area contributed by atoms with Gasteiger partial charge in [0.25, 0.3) is 0 Å². The van der Waals surface area contributed by atoms with Crippen LogP contribution in [0.2, 0.25) is 0 Å². The van der Waals surface area contributed by atoms with E-state index in [4.69, 9.17) is 0 Å². The summed E-state index contributed by atoms with van der Waals surface area (Å²) in [7, 11) is 0. The summed E-state index contributed by atoms with van der Waals surface area (Å²) < 4.78 is 1.99. The minimum absolute atomic E-state index is 0.0784. The molecule has 0 aliphatic rings. The van der Waals surface area contributed by atoms with Gasteiger partial charge in [-0.15, -0.1) is 10.2 Å². The maximum absolute atomic E-state index is 12.8. The van der Waals surface area contributed by atoms with Crippen LogP contribution in [0.15, 0.2) is 78.2 Å². The number of hydrogen-bond donors (Lipinski definition) is 1. The van der Waals surface area contributed by atoms with Crippen LogP contribution >= 0.6 is 11.8 Å². The first-order chi connectivity index (χ1) is 15.5. The summed E-state index contributed by atoms with van der Waals surface area (Å²) in [5.41, 5.74) is 4.90. The lowest BCUT2D eigenvalue weighted by molar-refractivity contribution is -0.113. The Balaban J connectivity index is 1.60. The van der Waals surface area contributed by atoms with Gasteiger partial charge in [0.15, 0.2) is 11.0 Å². The fourth-order valence-corrected chi connectivity index (χ4v) is 4.25. The topological polar surface area (TPSA) is 72.7 Å². The van der Waals surface area contributed by atoms with Gasteiger partial charge in [-0.3, -0.25) is 14.3 Å². The molecule has 162 valence electrons. The molecular formula is C25H25N5OS. The molecule has 0 unspecified atom stereocenters. The maximum atomic E-state index is 12.8. The Labute approximate surface area is 192 Å². The zero-order chi connectivity index (χ0) is 22.5. The number of nitrogens with zero attached hydrogens (tertiary/aromatic N) is 4. The second-order valence-electron chi connectivity index (χ2n) is 7.75. The van der Waals surface area contributed by atoms with Gasteiger partial charge < -0.3 is 5.32 Å². The van der Waals surface area contributed by atoms with E-state index in [-0.39, 0.29) is 11.7 Å². The summed E-state index contributed by atoms with van der Waals surface area (Å²) in [6.45, 7) is 6.28. The predicted molar refractivity (Wildman–Crippen MR) is 129 cm³/mol. The van der Waals surface area contributed by atoms with Crippen molar-refractivity contribution >= 4 is 23.4 Å². The number of nitrogens with one attached hydrogen (secondary N) is 1. The number of anilines is 1. The van der Waals surface area contributed by atoms with Gasteiger partial charge in [0, 0.05) is 23.6 Å². The summed E-state index contributed by atoms with van der Waals surface area (Å²) in [4.78, 5) is 17.0. The summed E-state index contributed by atoms with van der Waals surface area (Å²) in [6.07, 6.45) is 3.50. The average Bonchev–Trinajstić information content (AvgIpc) is 3.22. The molecule has 2 aromatic heterocycles. The molecule has 0 saturated carbocycles. The summed E-state index contributed by atoms with van der Waals surface area (Å²) in [6, 6.07) is 19.8. The first-order valence-electron chi connectivity index (χ1n) is 10.5. The average molecular weight is 444 g/mol. The number of para-hydroxylation sites is 2. The van der Waals surface area contributed by atoms with Gasteiger partial charge in [-0.25, -0.2) is 0 Å². The third-order valence-electron chi connectivity index (χ3n) is 5.10. The van der Waals surface area contributed by atoms with Crippen molar-refractivity contribution in [1.29, 1.82) is 0 Å². The molecule has 0 saturated heterocycles. The molecule has 0 bridgehead atoms. The molecule has 1 amide bonds. The molecule has 32 heavy (non-hydrogen) atoms. The molecule has 0 aliphatic carbocycles. The maximum Gasteiger partial charge on any atom is 0.234 e.